The van der Waals surface area contributed by atoms with E-state index in [9.17, 15) is 13.2 Å². The third kappa shape index (κ3) is 4.47. The average Bonchev–Trinajstić information content (AvgIpc) is 2.60. The summed E-state index contributed by atoms with van der Waals surface area (Å²) in [6.07, 6.45) is 1.09. The van der Waals surface area contributed by atoms with Crippen molar-refractivity contribution in [3.05, 3.63) is 58.6 Å². The third-order valence-electron chi connectivity index (χ3n) is 4.01. The van der Waals surface area contributed by atoms with Crippen molar-refractivity contribution in [2.24, 2.45) is 0 Å². The van der Waals surface area contributed by atoms with E-state index in [2.05, 4.69) is 5.32 Å². The fraction of sp³-hybridized carbons (Fsp3) is 0.278. The zero-order valence-corrected chi connectivity index (χ0v) is 16.6. The van der Waals surface area contributed by atoms with Crippen molar-refractivity contribution in [2.45, 2.75) is 13.0 Å². The number of sulfonamides is 1. The molecule has 0 aliphatic rings. The molecule has 0 saturated heterocycles. The van der Waals surface area contributed by atoms with Gasteiger partial charge in [0.2, 0.25) is 10.0 Å². The predicted molar refractivity (Wildman–Crippen MR) is 104 cm³/mol. The number of carbonyl (C=O) groups excluding carboxylic acids is 1. The van der Waals surface area contributed by atoms with Gasteiger partial charge in [0.1, 0.15) is 5.75 Å². The van der Waals surface area contributed by atoms with Crippen LogP contribution in [0.25, 0.3) is 0 Å². The predicted octanol–water partition coefficient (Wildman–Crippen LogP) is 3.24. The molecule has 2 aromatic rings. The molecule has 0 aliphatic heterocycles. The monoisotopic (exact) mass is 396 g/mol. The number of benzene rings is 2. The Balaban J connectivity index is 2.29. The lowest BCUT2D eigenvalue weighted by Gasteiger charge is -2.20. The molecule has 0 bridgehead atoms. The highest BCUT2D eigenvalue weighted by atomic mass is 35.5. The van der Waals surface area contributed by atoms with Gasteiger partial charge in [-0.05, 0) is 31.2 Å². The molecule has 8 heteroatoms. The van der Waals surface area contributed by atoms with Crippen molar-refractivity contribution in [1.82, 2.24) is 5.32 Å². The molecule has 0 aliphatic carbocycles. The summed E-state index contributed by atoms with van der Waals surface area (Å²) in [4.78, 5) is 12.7. The Morgan fingerprint density at radius 3 is 2.50 bits per heavy atom. The van der Waals surface area contributed by atoms with Gasteiger partial charge in [-0.1, -0.05) is 29.8 Å². The Kier molecular flexibility index (Phi) is 6.15. The molecule has 1 N–H and O–H groups in total. The van der Waals surface area contributed by atoms with Crippen LogP contribution in [0.2, 0.25) is 5.02 Å². The number of methoxy groups -OCH3 is 1. The second kappa shape index (κ2) is 7.97. The number of carbonyl (C=O) groups is 1. The van der Waals surface area contributed by atoms with Crippen LogP contribution in [0.1, 0.15) is 28.9 Å². The number of hydrogen-bond acceptors (Lipinski definition) is 4. The number of ether oxygens (including phenoxy) is 1. The van der Waals surface area contributed by atoms with Crippen LogP contribution in [0.15, 0.2) is 42.5 Å². The van der Waals surface area contributed by atoms with Crippen LogP contribution in [0, 0.1) is 0 Å². The van der Waals surface area contributed by atoms with E-state index in [-0.39, 0.29) is 16.6 Å². The van der Waals surface area contributed by atoms with Crippen LogP contribution in [-0.4, -0.2) is 34.7 Å². The van der Waals surface area contributed by atoms with E-state index < -0.39 is 15.9 Å². The molecule has 0 spiro atoms. The summed E-state index contributed by atoms with van der Waals surface area (Å²) in [6, 6.07) is 11.5. The summed E-state index contributed by atoms with van der Waals surface area (Å²) in [5, 5.41) is 3.10. The van der Waals surface area contributed by atoms with Crippen LogP contribution < -0.4 is 14.4 Å². The van der Waals surface area contributed by atoms with Crippen LogP contribution in [-0.2, 0) is 10.0 Å². The highest BCUT2D eigenvalue weighted by molar-refractivity contribution is 7.92. The second-order valence-electron chi connectivity index (χ2n) is 5.83. The number of hydrogen-bond donors (Lipinski definition) is 1. The Morgan fingerprint density at radius 1 is 1.23 bits per heavy atom. The molecule has 140 valence electrons. The highest BCUT2D eigenvalue weighted by Gasteiger charge is 2.19. The van der Waals surface area contributed by atoms with Crippen molar-refractivity contribution < 1.29 is 17.9 Å². The van der Waals surface area contributed by atoms with Crippen LogP contribution in [0.3, 0.4) is 0 Å². The largest absolute Gasteiger partial charge is 0.496 e. The first-order valence-electron chi connectivity index (χ1n) is 7.82. The van der Waals surface area contributed by atoms with Crippen molar-refractivity contribution in [1.29, 1.82) is 0 Å². The molecular weight excluding hydrogens is 376 g/mol. The van der Waals surface area contributed by atoms with E-state index in [0.717, 1.165) is 16.1 Å². The Bertz CT molecular complexity index is 915. The summed E-state index contributed by atoms with van der Waals surface area (Å²) < 4.78 is 29.8. The summed E-state index contributed by atoms with van der Waals surface area (Å²) in [6.45, 7) is 1.83. The van der Waals surface area contributed by atoms with E-state index in [0.29, 0.717) is 11.4 Å². The Labute approximate surface area is 158 Å². The Morgan fingerprint density at radius 2 is 1.88 bits per heavy atom. The van der Waals surface area contributed by atoms with Crippen LogP contribution in [0.4, 0.5) is 5.69 Å². The molecule has 26 heavy (non-hydrogen) atoms. The molecule has 0 aromatic heterocycles. The smallest absolute Gasteiger partial charge is 0.253 e. The quantitative estimate of drug-likeness (QED) is 0.813. The number of nitrogens with one attached hydrogen (secondary N) is 1. The minimum Gasteiger partial charge on any atom is -0.496 e. The fourth-order valence-corrected chi connectivity index (χ4v) is 3.15. The lowest BCUT2D eigenvalue weighted by atomic mass is 10.1. The van der Waals surface area contributed by atoms with Gasteiger partial charge in [0, 0.05) is 12.6 Å². The standard InChI is InChI=1S/C18H21ClN2O4S/c1-12(14-7-5-6-8-17(14)25-3)20-18(22)15-11-13(9-10-16(15)19)21(2)26(4,23)24/h5-12H,1-4H3,(H,20,22). The first kappa shape index (κ1) is 20.1. The summed E-state index contributed by atoms with van der Waals surface area (Å²) in [5.41, 5.74) is 1.37. The molecule has 0 radical (unpaired) electrons. The molecule has 0 heterocycles. The number of anilines is 1. The zero-order valence-electron chi connectivity index (χ0n) is 15.0. The van der Waals surface area contributed by atoms with E-state index >= 15 is 0 Å². The SMILES string of the molecule is COc1ccccc1C(C)NC(=O)c1cc(N(C)S(C)(=O)=O)ccc1Cl. The van der Waals surface area contributed by atoms with Gasteiger partial charge in [-0.2, -0.15) is 0 Å². The number of halogens is 1. The summed E-state index contributed by atoms with van der Waals surface area (Å²) >= 11 is 6.14. The van der Waals surface area contributed by atoms with Crippen LogP contribution >= 0.6 is 11.6 Å². The Hall–Kier alpha value is -2.25. The normalized spacial score (nSPS) is 12.3. The average molecular weight is 397 g/mol. The van der Waals surface area contributed by atoms with E-state index in [1.54, 1.807) is 13.2 Å². The van der Waals surface area contributed by atoms with Crippen LogP contribution in [0.5, 0.6) is 5.75 Å². The van der Waals surface area contributed by atoms with Crippen molar-refractivity contribution in [2.75, 3.05) is 24.7 Å². The lowest BCUT2D eigenvalue weighted by Crippen LogP contribution is -2.28. The summed E-state index contributed by atoms with van der Waals surface area (Å²) in [5.74, 6) is 0.258. The van der Waals surface area contributed by atoms with Gasteiger partial charge in [0.25, 0.3) is 5.91 Å². The van der Waals surface area contributed by atoms with Gasteiger partial charge in [-0.15, -0.1) is 0 Å². The van der Waals surface area contributed by atoms with E-state index in [4.69, 9.17) is 16.3 Å². The van der Waals surface area contributed by atoms with Gasteiger partial charge in [0.05, 0.1) is 35.7 Å². The maximum absolute atomic E-state index is 12.7. The van der Waals surface area contributed by atoms with Gasteiger partial charge in [-0.25, -0.2) is 8.42 Å². The third-order valence-corrected chi connectivity index (χ3v) is 5.54. The molecule has 2 rings (SSSR count). The van der Waals surface area contributed by atoms with E-state index in [1.165, 1.54) is 19.2 Å². The highest BCUT2D eigenvalue weighted by Crippen LogP contribution is 2.27. The maximum Gasteiger partial charge on any atom is 0.253 e. The van der Waals surface area contributed by atoms with Crippen molar-refractivity contribution >= 4 is 33.2 Å². The van der Waals surface area contributed by atoms with Gasteiger partial charge in [-0.3, -0.25) is 9.10 Å². The molecule has 1 unspecified atom stereocenters. The van der Waals surface area contributed by atoms with Gasteiger partial charge in [0.15, 0.2) is 0 Å². The van der Waals surface area contributed by atoms with E-state index in [1.807, 2.05) is 31.2 Å². The molecule has 6 nitrogen and oxygen atoms in total. The van der Waals surface area contributed by atoms with Crippen molar-refractivity contribution in [3.8, 4) is 5.75 Å². The number of amides is 1. The minimum atomic E-state index is -3.44. The lowest BCUT2D eigenvalue weighted by molar-refractivity contribution is 0.0939. The number of para-hydroxylation sites is 1. The zero-order chi connectivity index (χ0) is 19.5. The van der Waals surface area contributed by atoms with Gasteiger partial charge >= 0.3 is 0 Å². The maximum atomic E-state index is 12.7. The van der Waals surface area contributed by atoms with Crippen molar-refractivity contribution in [3.63, 3.8) is 0 Å². The molecule has 1 amide bonds. The summed E-state index contributed by atoms with van der Waals surface area (Å²) in [7, 11) is -0.466. The fourth-order valence-electron chi connectivity index (χ4n) is 2.45. The first-order valence-corrected chi connectivity index (χ1v) is 10.0. The first-order chi connectivity index (χ1) is 12.1. The number of rotatable bonds is 6. The second-order valence-corrected chi connectivity index (χ2v) is 8.25. The van der Waals surface area contributed by atoms with Gasteiger partial charge < -0.3 is 10.1 Å². The number of nitrogens with zero attached hydrogens (tertiary/aromatic N) is 1. The minimum absolute atomic E-state index is 0.196. The molecule has 0 fully saturated rings. The topological polar surface area (TPSA) is 75.7 Å². The molecule has 1 atom stereocenters. The molecule has 0 saturated carbocycles. The molecular formula is C18H21ClN2O4S. The molecule has 2 aromatic carbocycles.